The topological polar surface area (TPSA) is 46.5 Å². The standard InChI is InChI=1S/C11H12Cl2O3/c1-6(11(15)16-2)10(14)9-7(12)4-3-5-8(9)13/h3-6,10,14H,1-2H3. The predicted molar refractivity (Wildman–Crippen MR) is 62.6 cm³/mol. The second-order valence-corrected chi connectivity index (χ2v) is 4.21. The van der Waals surface area contributed by atoms with Gasteiger partial charge in [0.15, 0.2) is 0 Å². The molecule has 16 heavy (non-hydrogen) atoms. The minimum atomic E-state index is -1.08. The maximum Gasteiger partial charge on any atom is 0.311 e. The molecular weight excluding hydrogens is 251 g/mol. The van der Waals surface area contributed by atoms with Crippen molar-refractivity contribution in [3.05, 3.63) is 33.8 Å². The SMILES string of the molecule is COC(=O)C(C)C(O)c1c(Cl)cccc1Cl. The summed E-state index contributed by atoms with van der Waals surface area (Å²) < 4.78 is 4.55. The maximum atomic E-state index is 11.3. The Labute approximate surface area is 104 Å². The largest absolute Gasteiger partial charge is 0.469 e. The maximum absolute atomic E-state index is 11.3. The number of halogens is 2. The van der Waals surface area contributed by atoms with E-state index in [1.165, 1.54) is 7.11 Å². The minimum absolute atomic E-state index is 0.329. The van der Waals surface area contributed by atoms with Crippen LogP contribution in [0.4, 0.5) is 0 Å². The second-order valence-electron chi connectivity index (χ2n) is 3.39. The Bertz CT molecular complexity index is 373. The Morgan fingerprint density at radius 1 is 1.38 bits per heavy atom. The highest BCUT2D eigenvalue weighted by atomic mass is 35.5. The van der Waals surface area contributed by atoms with Gasteiger partial charge in [-0.15, -0.1) is 0 Å². The molecule has 0 fully saturated rings. The monoisotopic (exact) mass is 262 g/mol. The summed E-state index contributed by atoms with van der Waals surface area (Å²) in [6.45, 7) is 1.55. The normalized spacial score (nSPS) is 14.3. The first kappa shape index (κ1) is 13.3. The number of carbonyl (C=O) groups excluding carboxylic acids is 1. The van der Waals surface area contributed by atoms with Crippen LogP contribution in [0.25, 0.3) is 0 Å². The Balaban J connectivity index is 3.04. The van der Waals surface area contributed by atoms with Crippen molar-refractivity contribution < 1.29 is 14.6 Å². The average molecular weight is 263 g/mol. The Kier molecular flexibility index (Phi) is 4.59. The fraction of sp³-hybridized carbons (Fsp3) is 0.364. The molecular formula is C11H12Cl2O3. The van der Waals surface area contributed by atoms with E-state index >= 15 is 0 Å². The van der Waals surface area contributed by atoms with Gasteiger partial charge in [0, 0.05) is 15.6 Å². The molecule has 0 saturated carbocycles. The van der Waals surface area contributed by atoms with Crippen LogP contribution >= 0.6 is 23.2 Å². The third-order valence-electron chi connectivity index (χ3n) is 2.34. The van der Waals surface area contributed by atoms with Crippen molar-refractivity contribution in [3.63, 3.8) is 0 Å². The van der Waals surface area contributed by atoms with Crippen molar-refractivity contribution in [2.75, 3.05) is 7.11 Å². The first-order chi connectivity index (χ1) is 7.49. The Hall–Kier alpha value is -0.770. The van der Waals surface area contributed by atoms with Gasteiger partial charge in [-0.05, 0) is 19.1 Å². The summed E-state index contributed by atoms with van der Waals surface area (Å²) in [5, 5.41) is 10.6. The second kappa shape index (κ2) is 5.53. The van der Waals surface area contributed by atoms with Crippen LogP contribution < -0.4 is 0 Å². The zero-order chi connectivity index (χ0) is 12.3. The van der Waals surface area contributed by atoms with E-state index in [9.17, 15) is 9.90 Å². The summed E-state index contributed by atoms with van der Waals surface area (Å²) in [5.74, 6) is -1.23. The number of hydrogen-bond acceptors (Lipinski definition) is 3. The third kappa shape index (κ3) is 2.67. The molecule has 3 nitrogen and oxygen atoms in total. The number of carbonyl (C=O) groups is 1. The van der Waals surface area contributed by atoms with Crippen LogP contribution in [0.15, 0.2) is 18.2 Å². The molecule has 1 N–H and O–H groups in total. The van der Waals surface area contributed by atoms with Crippen LogP contribution in [0, 0.1) is 5.92 Å². The molecule has 88 valence electrons. The van der Waals surface area contributed by atoms with Gasteiger partial charge in [-0.3, -0.25) is 4.79 Å². The summed E-state index contributed by atoms with van der Waals surface area (Å²) in [4.78, 5) is 11.3. The molecule has 1 aromatic rings. The summed E-state index contributed by atoms with van der Waals surface area (Å²) in [5.41, 5.74) is 0.351. The highest BCUT2D eigenvalue weighted by molar-refractivity contribution is 6.36. The summed E-state index contributed by atoms with van der Waals surface area (Å²) in [6.07, 6.45) is -1.08. The number of ether oxygens (including phenoxy) is 1. The average Bonchev–Trinajstić information content (AvgIpc) is 2.26. The van der Waals surface area contributed by atoms with Crippen LogP contribution in [-0.4, -0.2) is 18.2 Å². The van der Waals surface area contributed by atoms with Crippen LogP contribution in [0.3, 0.4) is 0 Å². The molecule has 2 atom stereocenters. The molecule has 0 saturated heterocycles. The summed E-state index contributed by atoms with van der Waals surface area (Å²) >= 11 is 11.8. The number of aliphatic hydroxyl groups excluding tert-OH is 1. The van der Waals surface area contributed by atoms with E-state index in [1.807, 2.05) is 0 Å². The number of esters is 1. The highest BCUT2D eigenvalue weighted by Gasteiger charge is 2.27. The van der Waals surface area contributed by atoms with Crippen molar-refractivity contribution in [2.45, 2.75) is 13.0 Å². The summed E-state index contributed by atoms with van der Waals surface area (Å²) in [6, 6.07) is 4.88. The van der Waals surface area contributed by atoms with Gasteiger partial charge < -0.3 is 9.84 Å². The van der Waals surface area contributed by atoms with Gasteiger partial charge in [0.2, 0.25) is 0 Å². The number of methoxy groups -OCH3 is 1. The van der Waals surface area contributed by atoms with E-state index in [2.05, 4.69) is 4.74 Å². The van der Waals surface area contributed by atoms with E-state index < -0.39 is 18.0 Å². The van der Waals surface area contributed by atoms with Crippen molar-refractivity contribution in [1.29, 1.82) is 0 Å². The lowest BCUT2D eigenvalue weighted by Crippen LogP contribution is -2.21. The molecule has 0 radical (unpaired) electrons. The van der Waals surface area contributed by atoms with Gasteiger partial charge in [-0.2, -0.15) is 0 Å². The number of rotatable bonds is 3. The van der Waals surface area contributed by atoms with E-state index in [0.29, 0.717) is 15.6 Å². The fourth-order valence-electron chi connectivity index (χ4n) is 1.36. The van der Waals surface area contributed by atoms with Crippen molar-refractivity contribution in [2.24, 2.45) is 5.92 Å². The van der Waals surface area contributed by atoms with Crippen molar-refractivity contribution in [1.82, 2.24) is 0 Å². The molecule has 0 aliphatic carbocycles. The molecule has 0 heterocycles. The Morgan fingerprint density at radius 2 is 1.88 bits per heavy atom. The highest BCUT2D eigenvalue weighted by Crippen LogP contribution is 2.34. The Morgan fingerprint density at radius 3 is 2.31 bits per heavy atom. The van der Waals surface area contributed by atoms with E-state index in [4.69, 9.17) is 23.2 Å². The lowest BCUT2D eigenvalue weighted by atomic mass is 9.97. The number of hydrogen-bond donors (Lipinski definition) is 1. The molecule has 0 aromatic heterocycles. The third-order valence-corrected chi connectivity index (χ3v) is 3.00. The van der Waals surface area contributed by atoms with Gasteiger partial charge in [-0.1, -0.05) is 29.3 Å². The van der Waals surface area contributed by atoms with Gasteiger partial charge in [0.05, 0.1) is 19.1 Å². The first-order valence-corrected chi connectivity index (χ1v) is 5.44. The lowest BCUT2D eigenvalue weighted by molar-refractivity contribution is -0.148. The smallest absolute Gasteiger partial charge is 0.311 e. The van der Waals surface area contributed by atoms with Gasteiger partial charge in [0.1, 0.15) is 0 Å². The predicted octanol–water partition coefficient (Wildman–Crippen LogP) is 2.84. The van der Waals surface area contributed by atoms with Crippen LogP contribution in [-0.2, 0) is 9.53 Å². The molecule has 0 amide bonds. The van der Waals surface area contributed by atoms with Gasteiger partial charge in [-0.25, -0.2) is 0 Å². The minimum Gasteiger partial charge on any atom is -0.469 e. The molecule has 0 spiro atoms. The molecule has 2 unspecified atom stereocenters. The van der Waals surface area contributed by atoms with Crippen LogP contribution in [0.2, 0.25) is 10.0 Å². The van der Waals surface area contributed by atoms with Crippen LogP contribution in [0.5, 0.6) is 0 Å². The van der Waals surface area contributed by atoms with Crippen LogP contribution in [0.1, 0.15) is 18.6 Å². The number of aliphatic hydroxyl groups is 1. The zero-order valence-corrected chi connectivity index (χ0v) is 10.4. The van der Waals surface area contributed by atoms with Crippen molar-refractivity contribution >= 4 is 29.2 Å². The molecule has 0 bridgehead atoms. The van der Waals surface area contributed by atoms with Crippen molar-refractivity contribution in [3.8, 4) is 0 Å². The quantitative estimate of drug-likeness (QED) is 0.853. The van der Waals surface area contributed by atoms with Gasteiger partial charge in [0.25, 0.3) is 0 Å². The lowest BCUT2D eigenvalue weighted by Gasteiger charge is -2.19. The van der Waals surface area contributed by atoms with E-state index in [0.717, 1.165) is 0 Å². The first-order valence-electron chi connectivity index (χ1n) is 4.68. The zero-order valence-electron chi connectivity index (χ0n) is 8.91. The molecule has 5 heteroatoms. The summed E-state index contributed by atoms with van der Waals surface area (Å²) in [7, 11) is 1.26. The van der Waals surface area contributed by atoms with E-state index in [1.54, 1.807) is 25.1 Å². The molecule has 1 rings (SSSR count). The van der Waals surface area contributed by atoms with E-state index in [-0.39, 0.29) is 0 Å². The van der Waals surface area contributed by atoms with Gasteiger partial charge >= 0.3 is 5.97 Å². The fourth-order valence-corrected chi connectivity index (χ4v) is 1.98. The molecule has 0 aliphatic rings. The molecule has 1 aromatic carbocycles. The number of benzene rings is 1. The molecule has 0 aliphatic heterocycles.